The van der Waals surface area contributed by atoms with Crippen molar-refractivity contribution >= 4 is 28.7 Å². The van der Waals surface area contributed by atoms with Crippen LogP contribution in [0.1, 0.15) is 35.6 Å². The number of nitrogens with zero attached hydrogens (tertiary/aromatic N) is 4. The average Bonchev–Trinajstić information content (AvgIpc) is 3.21. The summed E-state index contributed by atoms with van der Waals surface area (Å²) in [6.07, 6.45) is 5.45. The van der Waals surface area contributed by atoms with E-state index < -0.39 is 11.9 Å². The lowest BCUT2D eigenvalue weighted by Crippen LogP contribution is -2.36. The van der Waals surface area contributed by atoms with Gasteiger partial charge in [-0.05, 0) is 55.0 Å². The van der Waals surface area contributed by atoms with Crippen molar-refractivity contribution in [2.24, 2.45) is 0 Å². The van der Waals surface area contributed by atoms with Gasteiger partial charge in [-0.15, -0.1) is 0 Å². The number of carbonyl (C=O) groups excluding carboxylic acids is 1. The van der Waals surface area contributed by atoms with E-state index in [9.17, 15) is 14.7 Å². The number of rotatable bonds is 8. The molecule has 2 aromatic heterocycles. The number of fused-ring (bicyclic) bond motifs is 2. The topological polar surface area (TPSA) is 98.7 Å². The van der Waals surface area contributed by atoms with Crippen LogP contribution in [0.3, 0.4) is 0 Å². The van der Waals surface area contributed by atoms with E-state index in [0.29, 0.717) is 25.2 Å². The number of pyridine rings is 2. The van der Waals surface area contributed by atoms with Gasteiger partial charge in [-0.1, -0.05) is 24.3 Å². The van der Waals surface area contributed by atoms with Gasteiger partial charge in [-0.25, -0.2) is 9.78 Å². The van der Waals surface area contributed by atoms with Crippen LogP contribution in [0.2, 0.25) is 0 Å². The van der Waals surface area contributed by atoms with Crippen molar-refractivity contribution in [2.45, 2.75) is 31.6 Å². The first-order valence-electron chi connectivity index (χ1n) is 11.9. The molecule has 1 fully saturated rings. The van der Waals surface area contributed by atoms with Crippen LogP contribution in [0.15, 0.2) is 48.7 Å². The highest BCUT2D eigenvalue weighted by Crippen LogP contribution is 2.24. The molecule has 0 aliphatic carbocycles. The smallest absolute Gasteiger partial charge is 0.320 e. The van der Waals surface area contributed by atoms with Gasteiger partial charge in [0, 0.05) is 50.0 Å². The van der Waals surface area contributed by atoms with Gasteiger partial charge in [0.25, 0.3) is 0 Å². The number of aliphatic carboxylic acids is 1. The summed E-state index contributed by atoms with van der Waals surface area (Å²) in [4.78, 5) is 37.6. The Hall–Kier alpha value is -3.68. The second-order valence-electron chi connectivity index (χ2n) is 9.01. The van der Waals surface area contributed by atoms with E-state index in [1.165, 1.54) is 5.56 Å². The molecule has 34 heavy (non-hydrogen) atoms. The molecule has 1 atom stereocenters. The first-order chi connectivity index (χ1) is 16.6. The third-order valence-corrected chi connectivity index (χ3v) is 6.71. The Morgan fingerprint density at radius 2 is 2.00 bits per heavy atom. The van der Waals surface area contributed by atoms with Crippen LogP contribution in [0.5, 0.6) is 0 Å². The van der Waals surface area contributed by atoms with E-state index in [4.69, 9.17) is 4.98 Å². The SMILES string of the molecule is O=C(O)[C@@H](CN1CCN(CCCc2ccc3c(n2)NCCC3)C1=O)c1cnc2ccccc2c1. The number of hydrogen-bond donors (Lipinski definition) is 2. The summed E-state index contributed by atoms with van der Waals surface area (Å²) in [7, 11) is 0. The second kappa shape index (κ2) is 9.67. The molecule has 0 bridgehead atoms. The number of hydrogen-bond acceptors (Lipinski definition) is 5. The molecule has 8 heteroatoms. The molecule has 4 heterocycles. The summed E-state index contributed by atoms with van der Waals surface area (Å²) in [5.74, 6) is -0.765. The monoisotopic (exact) mass is 459 g/mol. The summed E-state index contributed by atoms with van der Waals surface area (Å²) >= 11 is 0. The molecular formula is C26H29N5O3. The van der Waals surface area contributed by atoms with Gasteiger partial charge < -0.3 is 20.2 Å². The highest BCUT2D eigenvalue weighted by atomic mass is 16.4. The van der Waals surface area contributed by atoms with E-state index in [-0.39, 0.29) is 12.6 Å². The van der Waals surface area contributed by atoms with Crippen LogP contribution in [-0.4, -0.2) is 69.6 Å². The standard InChI is InChI=1S/C26H29N5O3/c32-25(33)22(20-15-19-5-1-2-8-23(19)28-16-20)17-31-14-13-30(26(31)34)12-4-7-21-10-9-18-6-3-11-27-24(18)29-21/h1-2,5,8-10,15-16,22H,3-4,6-7,11-14,17H2,(H,27,29)(H,32,33)/t22-/m0/s1. The molecule has 1 aromatic carbocycles. The molecule has 8 nitrogen and oxygen atoms in total. The van der Waals surface area contributed by atoms with Crippen LogP contribution in [0.4, 0.5) is 10.6 Å². The number of carboxylic acids is 1. The lowest BCUT2D eigenvalue weighted by molar-refractivity contribution is -0.139. The van der Waals surface area contributed by atoms with Crippen LogP contribution >= 0.6 is 0 Å². The fourth-order valence-electron chi connectivity index (χ4n) is 4.79. The first-order valence-corrected chi connectivity index (χ1v) is 11.9. The number of aromatic nitrogens is 2. The van der Waals surface area contributed by atoms with Crippen molar-refractivity contribution in [2.75, 3.05) is 38.0 Å². The van der Waals surface area contributed by atoms with Gasteiger partial charge in [0.1, 0.15) is 11.7 Å². The number of amides is 2. The Balaban J connectivity index is 1.18. The largest absolute Gasteiger partial charge is 0.481 e. The Labute approximate surface area is 198 Å². The number of urea groups is 1. The Bertz CT molecular complexity index is 1210. The van der Waals surface area contributed by atoms with Crippen molar-refractivity contribution < 1.29 is 14.7 Å². The fraction of sp³-hybridized carbons (Fsp3) is 0.385. The highest BCUT2D eigenvalue weighted by Gasteiger charge is 2.32. The molecule has 0 radical (unpaired) electrons. The lowest BCUT2D eigenvalue weighted by Gasteiger charge is -2.22. The zero-order valence-electron chi connectivity index (χ0n) is 19.1. The number of aryl methyl sites for hydroxylation is 2. The van der Waals surface area contributed by atoms with E-state index in [2.05, 4.69) is 22.4 Å². The maximum absolute atomic E-state index is 13.0. The van der Waals surface area contributed by atoms with Crippen molar-refractivity contribution in [1.82, 2.24) is 19.8 Å². The van der Waals surface area contributed by atoms with Crippen molar-refractivity contribution in [1.29, 1.82) is 0 Å². The summed E-state index contributed by atoms with van der Waals surface area (Å²) in [6.45, 7) is 2.89. The minimum atomic E-state index is -0.949. The molecule has 3 aromatic rings. The summed E-state index contributed by atoms with van der Waals surface area (Å²) < 4.78 is 0. The predicted octanol–water partition coefficient (Wildman–Crippen LogP) is 3.53. The van der Waals surface area contributed by atoms with Gasteiger partial charge in [-0.2, -0.15) is 0 Å². The van der Waals surface area contributed by atoms with Gasteiger partial charge in [0.15, 0.2) is 0 Å². The van der Waals surface area contributed by atoms with Crippen LogP contribution in [0, 0.1) is 0 Å². The van der Waals surface area contributed by atoms with Gasteiger partial charge in [0.05, 0.1) is 5.52 Å². The third kappa shape index (κ3) is 4.66. The lowest BCUT2D eigenvalue weighted by atomic mass is 9.99. The summed E-state index contributed by atoms with van der Waals surface area (Å²) in [5, 5.41) is 14.1. The normalized spacial score (nSPS) is 16.4. The third-order valence-electron chi connectivity index (χ3n) is 6.71. The Kier molecular flexibility index (Phi) is 6.29. The molecule has 2 aliphatic heterocycles. The number of carboxylic acid groups (broad SMARTS) is 1. The van der Waals surface area contributed by atoms with Crippen molar-refractivity contribution in [3.8, 4) is 0 Å². The second-order valence-corrected chi connectivity index (χ2v) is 9.01. The fourth-order valence-corrected chi connectivity index (χ4v) is 4.79. The summed E-state index contributed by atoms with van der Waals surface area (Å²) in [6, 6.07) is 13.6. The minimum absolute atomic E-state index is 0.0972. The maximum Gasteiger partial charge on any atom is 0.320 e. The molecule has 0 unspecified atom stereocenters. The number of nitrogens with one attached hydrogen (secondary N) is 1. The zero-order chi connectivity index (χ0) is 23.5. The van der Waals surface area contributed by atoms with Gasteiger partial charge in [0.2, 0.25) is 0 Å². The average molecular weight is 460 g/mol. The van der Waals surface area contributed by atoms with Gasteiger partial charge in [-0.3, -0.25) is 9.78 Å². The molecule has 2 N–H and O–H groups in total. The van der Waals surface area contributed by atoms with E-state index in [1.54, 1.807) is 11.1 Å². The molecule has 0 spiro atoms. The minimum Gasteiger partial charge on any atom is -0.481 e. The van der Waals surface area contributed by atoms with Crippen molar-refractivity contribution in [3.05, 3.63) is 65.5 Å². The van der Waals surface area contributed by atoms with Crippen LogP contribution in [-0.2, 0) is 17.6 Å². The van der Waals surface area contributed by atoms with E-state index in [1.807, 2.05) is 35.2 Å². The number of anilines is 1. The van der Waals surface area contributed by atoms with Crippen LogP contribution < -0.4 is 5.32 Å². The zero-order valence-corrected chi connectivity index (χ0v) is 19.1. The molecule has 5 rings (SSSR count). The maximum atomic E-state index is 13.0. The van der Waals surface area contributed by atoms with Crippen molar-refractivity contribution in [3.63, 3.8) is 0 Å². The van der Waals surface area contributed by atoms with E-state index in [0.717, 1.165) is 54.6 Å². The number of carbonyl (C=O) groups is 2. The van der Waals surface area contributed by atoms with Gasteiger partial charge >= 0.3 is 12.0 Å². The highest BCUT2D eigenvalue weighted by molar-refractivity contribution is 5.83. The molecule has 1 saturated heterocycles. The van der Waals surface area contributed by atoms with E-state index >= 15 is 0 Å². The molecule has 2 aliphatic rings. The number of para-hydroxylation sites is 1. The number of benzene rings is 1. The Morgan fingerprint density at radius 3 is 2.88 bits per heavy atom. The predicted molar refractivity (Wildman–Crippen MR) is 130 cm³/mol. The first kappa shape index (κ1) is 22.1. The molecule has 0 saturated carbocycles. The molecular weight excluding hydrogens is 430 g/mol. The summed E-state index contributed by atoms with van der Waals surface area (Å²) in [5.41, 5.74) is 3.74. The molecule has 176 valence electrons. The quantitative estimate of drug-likeness (QED) is 0.535. The Morgan fingerprint density at radius 1 is 1.15 bits per heavy atom. The van der Waals surface area contributed by atoms with Crippen LogP contribution in [0.25, 0.3) is 10.9 Å². The molecule has 2 amide bonds.